The Bertz CT molecular complexity index is 1420. The van der Waals surface area contributed by atoms with Gasteiger partial charge in [0.1, 0.15) is 23.1 Å². The molecule has 0 bridgehead atoms. The molecule has 0 aliphatic heterocycles. The summed E-state index contributed by atoms with van der Waals surface area (Å²) in [6, 6.07) is 13.0. The van der Waals surface area contributed by atoms with Crippen LogP contribution in [-0.2, 0) is 11.2 Å². The number of carbonyl (C=O) groups is 1. The van der Waals surface area contributed by atoms with E-state index in [1.807, 2.05) is 12.1 Å². The second-order valence-corrected chi connectivity index (χ2v) is 10.8. The van der Waals surface area contributed by atoms with Crippen LogP contribution in [0.15, 0.2) is 60.4 Å². The number of hydrogen-bond donors (Lipinski definition) is 0. The molecule has 2 aliphatic carbocycles. The average Bonchev–Trinajstić information content (AvgIpc) is 2.94. The molecule has 41 heavy (non-hydrogen) atoms. The molecule has 0 radical (unpaired) electrons. The van der Waals surface area contributed by atoms with Crippen LogP contribution in [0.1, 0.15) is 84.8 Å². The highest BCUT2D eigenvalue weighted by Crippen LogP contribution is 2.38. The molecule has 2 aliphatic rings. The first-order valence-electron chi connectivity index (χ1n) is 14.0. The molecule has 8 heteroatoms. The number of benzene rings is 3. The van der Waals surface area contributed by atoms with Crippen LogP contribution in [0.25, 0.3) is 17.2 Å². The summed E-state index contributed by atoms with van der Waals surface area (Å²) in [6.45, 7) is 2.23. The molecule has 3 nitrogen and oxygen atoms in total. The number of alkyl halides is 3. The highest BCUT2D eigenvalue weighted by Gasteiger charge is 2.31. The summed E-state index contributed by atoms with van der Waals surface area (Å²) in [5, 5.41) is 0. The molecular formula is C33H31F5O3. The smallest absolute Gasteiger partial charge is 0.427 e. The van der Waals surface area contributed by atoms with Gasteiger partial charge in [-0.05, 0) is 103 Å². The number of fused-ring (bicyclic) bond motifs is 1. The third kappa shape index (κ3) is 6.80. The zero-order valence-corrected chi connectivity index (χ0v) is 22.7. The number of esters is 1. The predicted octanol–water partition coefficient (Wildman–Crippen LogP) is 9.75. The molecule has 1 fully saturated rings. The lowest BCUT2D eigenvalue weighted by atomic mass is 9.77. The maximum absolute atomic E-state index is 15.4. The lowest BCUT2D eigenvalue weighted by Crippen LogP contribution is -2.17. The van der Waals surface area contributed by atoms with E-state index in [0.29, 0.717) is 17.2 Å². The molecule has 0 heterocycles. The van der Waals surface area contributed by atoms with Gasteiger partial charge in [-0.3, -0.25) is 0 Å². The van der Waals surface area contributed by atoms with Gasteiger partial charge in [0.15, 0.2) is 0 Å². The average molecular weight is 571 g/mol. The van der Waals surface area contributed by atoms with Gasteiger partial charge in [0, 0.05) is 6.42 Å². The maximum Gasteiger partial charge on any atom is 0.573 e. The van der Waals surface area contributed by atoms with Crippen LogP contribution >= 0.6 is 0 Å². The molecule has 0 saturated heterocycles. The third-order valence-corrected chi connectivity index (χ3v) is 8.05. The first kappa shape index (κ1) is 28.8. The summed E-state index contributed by atoms with van der Waals surface area (Å²) < 4.78 is 77.1. The molecular weight excluding hydrogens is 539 g/mol. The molecule has 3 aromatic rings. The fourth-order valence-corrected chi connectivity index (χ4v) is 5.99. The number of ether oxygens (including phenoxy) is 2. The molecule has 0 unspecified atom stereocenters. The Hall–Kier alpha value is -3.68. The minimum Gasteiger partial charge on any atom is -0.427 e. The molecule has 0 aromatic heterocycles. The van der Waals surface area contributed by atoms with E-state index in [0.717, 1.165) is 37.0 Å². The first-order valence-corrected chi connectivity index (χ1v) is 14.0. The van der Waals surface area contributed by atoms with Crippen LogP contribution in [0.2, 0.25) is 0 Å². The highest BCUT2D eigenvalue weighted by molar-refractivity contribution is 5.90. The van der Waals surface area contributed by atoms with Gasteiger partial charge in [-0.2, -0.15) is 0 Å². The second-order valence-electron chi connectivity index (χ2n) is 10.8. The Morgan fingerprint density at radius 1 is 0.927 bits per heavy atom. The Kier molecular flexibility index (Phi) is 8.47. The van der Waals surface area contributed by atoms with Crippen molar-refractivity contribution in [1.82, 2.24) is 0 Å². The van der Waals surface area contributed by atoms with Crippen molar-refractivity contribution in [1.29, 1.82) is 0 Å². The van der Waals surface area contributed by atoms with E-state index in [-0.39, 0.29) is 35.1 Å². The zero-order valence-electron chi connectivity index (χ0n) is 22.7. The zero-order chi connectivity index (χ0) is 29.1. The van der Waals surface area contributed by atoms with Gasteiger partial charge in [-0.15, -0.1) is 13.2 Å². The van der Waals surface area contributed by atoms with E-state index in [4.69, 9.17) is 4.74 Å². The number of allylic oxidation sites excluding steroid dienone is 1. The van der Waals surface area contributed by atoms with Crippen molar-refractivity contribution < 1.29 is 36.2 Å². The van der Waals surface area contributed by atoms with Gasteiger partial charge in [0.2, 0.25) is 0 Å². The third-order valence-electron chi connectivity index (χ3n) is 8.05. The van der Waals surface area contributed by atoms with Gasteiger partial charge >= 0.3 is 12.3 Å². The maximum atomic E-state index is 15.4. The lowest BCUT2D eigenvalue weighted by Gasteiger charge is -2.28. The standard InChI is InChI=1S/C33H31F5O3/c1-2-3-20-4-6-21(7-5-20)22-8-10-24(11-9-22)32(39)40-27-16-17-28-25(18-27)19-29(34)30(31(28)35)23-12-14-26(15-13-23)41-33(36,37)38/h8-15,18-21H,2-7,16-17H2,1H3. The summed E-state index contributed by atoms with van der Waals surface area (Å²) in [7, 11) is 0. The van der Waals surface area contributed by atoms with Crippen molar-refractivity contribution >= 4 is 12.0 Å². The highest BCUT2D eigenvalue weighted by atomic mass is 19.4. The summed E-state index contributed by atoms with van der Waals surface area (Å²) in [4.78, 5) is 12.8. The molecule has 0 atom stereocenters. The van der Waals surface area contributed by atoms with Gasteiger partial charge in [-0.25, -0.2) is 13.6 Å². The van der Waals surface area contributed by atoms with E-state index >= 15 is 8.78 Å². The predicted molar refractivity (Wildman–Crippen MR) is 146 cm³/mol. The van der Waals surface area contributed by atoms with Crippen molar-refractivity contribution in [2.45, 2.75) is 70.6 Å². The van der Waals surface area contributed by atoms with Gasteiger partial charge in [0.25, 0.3) is 0 Å². The molecule has 5 rings (SSSR count). The monoisotopic (exact) mass is 570 g/mol. The van der Waals surface area contributed by atoms with E-state index in [2.05, 4.69) is 11.7 Å². The Balaban J connectivity index is 1.26. The van der Waals surface area contributed by atoms with Crippen molar-refractivity contribution in [2.24, 2.45) is 5.92 Å². The molecule has 1 saturated carbocycles. The summed E-state index contributed by atoms with van der Waals surface area (Å²) in [5.41, 5.74) is 1.88. The SMILES string of the molecule is CCCC1CCC(c2ccc(C(=O)OC3=Cc4cc(F)c(-c5ccc(OC(F)(F)F)cc5)c(F)c4CC3)cc2)CC1. The number of hydrogen-bond acceptors (Lipinski definition) is 3. The quantitative estimate of drug-likeness (QED) is 0.210. The molecule has 0 amide bonds. The number of carbonyl (C=O) groups excluding carboxylic acids is 1. The Labute approximate surface area is 236 Å². The summed E-state index contributed by atoms with van der Waals surface area (Å²) in [5.74, 6) is -1.07. The number of halogens is 5. The normalized spacial score (nSPS) is 18.8. The second kappa shape index (κ2) is 12.0. The largest absolute Gasteiger partial charge is 0.573 e. The van der Waals surface area contributed by atoms with Crippen LogP contribution in [-0.4, -0.2) is 12.3 Å². The fraction of sp³-hybridized carbons (Fsp3) is 0.364. The van der Waals surface area contributed by atoms with E-state index in [1.54, 1.807) is 12.1 Å². The van der Waals surface area contributed by atoms with Crippen LogP contribution in [0.5, 0.6) is 5.75 Å². The molecule has 3 aromatic carbocycles. The van der Waals surface area contributed by atoms with E-state index < -0.39 is 29.7 Å². The topological polar surface area (TPSA) is 35.5 Å². The Morgan fingerprint density at radius 2 is 1.61 bits per heavy atom. The van der Waals surface area contributed by atoms with Gasteiger partial charge < -0.3 is 9.47 Å². The molecule has 0 spiro atoms. The Morgan fingerprint density at radius 3 is 2.24 bits per heavy atom. The minimum atomic E-state index is -4.87. The van der Waals surface area contributed by atoms with Gasteiger partial charge in [0.05, 0.1) is 11.1 Å². The van der Waals surface area contributed by atoms with Crippen molar-refractivity contribution in [3.05, 3.63) is 94.2 Å². The van der Waals surface area contributed by atoms with E-state index in [1.165, 1.54) is 49.5 Å². The number of rotatable bonds is 7. The van der Waals surface area contributed by atoms with Crippen molar-refractivity contribution in [3.8, 4) is 16.9 Å². The fourth-order valence-electron chi connectivity index (χ4n) is 5.99. The van der Waals surface area contributed by atoms with E-state index in [9.17, 15) is 18.0 Å². The van der Waals surface area contributed by atoms with Gasteiger partial charge in [-0.1, -0.05) is 44.0 Å². The lowest BCUT2D eigenvalue weighted by molar-refractivity contribution is -0.274. The van der Waals surface area contributed by atoms with Crippen LogP contribution in [0.4, 0.5) is 22.0 Å². The molecule has 216 valence electrons. The van der Waals surface area contributed by atoms with Crippen LogP contribution < -0.4 is 4.74 Å². The first-order chi connectivity index (χ1) is 19.6. The van der Waals surface area contributed by atoms with Crippen LogP contribution in [0.3, 0.4) is 0 Å². The minimum absolute atomic E-state index is 0.0796. The van der Waals surface area contributed by atoms with Crippen molar-refractivity contribution in [2.75, 3.05) is 0 Å². The van der Waals surface area contributed by atoms with Crippen molar-refractivity contribution in [3.63, 3.8) is 0 Å². The van der Waals surface area contributed by atoms with Crippen LogP contribution in [0, 0.1) is 17.6 Å². The molecule has 0 N–H and O–H groups in total. The summed E-state index contributed by atoms with van der Waals surface area (Å²) >= 11 is 0. The summed E-state index contributed by atoms with van der Waals surface area (Å²) in [6.07, 6.45) is 4.30.